The molecule has 2 aliphatic rings. The van der Waals surface area contributed by atoms with Gasteiger partial charge in [0.15, 0.2) is 0 Å². The van der Waals surface area contributed by atoms with E-state index < -0.39 is 29.1 Å². The number of carbonyl (C=O) groups is 1. The number of nitrogens with zero attached hydrogens (tertiary/aromatic N) is 1. The van der Waals surface area contributed by atoms with Crippen LogP contribution in [0.3, 0.4) is 0 Å². The fourth-order valence-corrected chi connectivity index (χ4v) is 3.93. The van der Waals surface area contributed by atoms with Crippen LogP contribution in [0.1, 0.15) is 43.7 Å². The number of carbonyl (C=O) groups excluding carboxylic acids is 1. The molecule has 29 heavy (non-hydrogen) atoms. The van der Waals surface area contributed by atoms with Crippen molar-refractivity contribution < 1.29 is 27.5 Å². The van der Waals surface area contributed by atoms with E-state index in [1.165, 1.54) is 29.2 Å². The van der Waals surface area contributed by atoms with Crippen LogP contribution in [-0.4, -0.2) is 34.7 Å². The maximum Gasteiger partial charge on any atom is 0.416 e. The van der Waals surface area contributed by atoms with Gasteiger partial charge in [-0.1, -0.05) is 31.2 Å². The van der Waals surface area contributed by atoms with E-state index in [2.05, 4.69) is 0 Å². The largest absolute Gasteiger partial charge is 0.416 e. The number of Topliss-reactive ketones (excluding diaryl/α,β-unsaturated/α-hetero) is 1. The summed E-state index contributed by atoms with van der Waals surface area (Å²) in [5.74, 6) is -2.25. The molecule has 1 aliphatic carbocycles. The van der Waals surface area contributed by atoms with Gasteiger partial charge in [-0.15, -0.1) is 0 Å². The Hall–Kier alpha value is -1.99. The third-order valence-corrected chi connectivity index (χ3v) is 5.75. The van der Waals surface area contributed by atoms with E-state index in [0.29, 0.717) is 6.42 Å². The molecule has 1 fully saturated rings. The first-order chi connectivity index (χ1) is 13.6. The van der Waals surface area contributed by atoms with Crippen LogP contribution in [0.2, 0.25) is 0 Å². The van der Waals surface area contributed by atoms with Crippen molar-refractivity contribution in [3.63, 3.8) is 0 Å². The van der Waals surface area contributed by atoms with Gasteiger partial charge in [-0.3, -0.25) is 9.69 Å². The SMILES string of the molecule is CCCC(=O)C1C=CC(F)(N2CCC(O)(c3cccc(C(F)(F)F)c3)CC2)C=C1. The van der Waals surface area contributed by atoms with Gasteiger partial charge in [-0.25, -0.2) is 4.39 Å². The molecule has 0 atom stereocenters. The van der Waals surface area contributed by atoms with Crippen molar-refractivity contribution in [3.8, 4) is 0 Å². The maximum absolute atomic E-state index is 15.4. The van der Waals surface area contributed by atoms with Crippen LogP contribution in [0.25, 0.3) is 0 Å². The smallest absolute Gasteiger partial charge is 0.385 e. The molecular weight excluding hydrogens is 386 g/mol. The molecule has 3 rings (SSSR count). The van der Waals surface area contributed by atoms with Gasteiger partial charge in [0.2, 0.25) is 5.79 Å². The van der Waals surface area contributed by atoms with E-state index in [0.717, 1.165) is 18.6 Å². The Balaban J connectivity index is 1.68. The van der Waals surface area contributed by atoms with Crippen molar-refractivity contribution in [3.05, 3.63) is 59.7 Å². The zero-order valence-corrected chi connectivity index (χ0v) is 16.3. The van der Waals surface area contributed by atoms with Gasteiger partial charge in [-0.05, 0) is 49.1 Å². The summed E-state index contributed by atoms with van der Waals surface area (Å²) in [7, 11) is 0. The zero-order chi connectivity index (χ0) is 21.3. The molecule has 7 heteroatoms. The van der Waals surface area contributed by atoms with Gasteiger partial charge in [0.25, 0.3) is 0 Å². The van der Waals surface area contributed by atoms with Crippen LogP contribution in [0, 0.1) is 5.92 Å². The molecule has 0 saturated carbocycles. The van der Waals surface area contributed by atoms with Gasteiger partial charge in [0, 0.05) is 19.5 Å². The summed E-state index contributed by atoms with van der Waals surface area (Å²) in [5.41, 5.74) is -2.05. The number of piperidine rings is 1. The predicted molar refractivity (Wildman–Crippen MR) is 102 cm³/mol. The minimum atomic E-state index is -4.49. The molecule has 158 valence electrons. The maximum atomic E-state index is 15.4. The molecule has 1 aromatic carbocycles. The summed E-state index contributed by atoms with van der Waals surface area (Å²) >= 11 is 0. The number of hydrogen-bond acceptors (Lipinski definition) is 3. The molecule has 0 aromatic heterocycles. The van der Waals surface area contributed by atoms with Gasteiger partial charge in [0.05, 0.1) is 17.1 Å². The highest BCUT2D eigenvalue weighted by molar-refractivity contribution is 5.84. The Labute approximate surface area is 167 Å². The molecule has 1 aromatic rings. The number of ketones is 1. The first kappa shape index (κ1) is 21.7. The Morgan fingerprint density at radius 1 is 1.21 bits per heavy atom. The van der Waals surface area contributed by atoms with E-state index in [9.17, 15) is 23.1 Å². The molecular formula is C22H25F4NO2. The highest BCUT2D eigenvalue weighted by Crippen LogP contribution is 2.39. The average Bonchev–Trinajstić information content (AvgIpc) is 2.68. The molecule has 0 spiro atoms. The summed E-state index contributed by atoms with van der Waals surface area (Å²) in [6.07, 6.45) is 2.75. The summed E-state index contributed by atoms with van der Waals surface area (Å²) in [6, 6.07) is 4.68. The second-order valence-electron chi connectivity index (χ2n) is 7.79. The summed E-state index contributed by atoms with van der Waals surface area (Å²) in [5, 5.41) is 10.9. The molecule has 1 heterocycles. The number of halogens is 4. The Kier molecular flexibility index (Phi) is 6.01. The lowest BCUT2D eigenvalue weighted by atomic mass is 9.82. The molecule has 0 radical (unpaired) electrons. The Morgan fingerprint density at radius 2 is 1.83 bits per heavy atom. The second-order valence-corrected chi connectivity index (χ2v) is 7.79. The second kappa shape index (κ2) is 8.03. The van der Waals surface area contributed by atoms with E-state index >= 15 is 4.39 Å². The Bertz CT molecular complexity index is 793. The van der Waals surface area contributed by atoms with Gasteiger partial charge >= 0.3 is 6.18 Å². The monoisotopic (exact) mass is 411 g/mol. The molecule has 1 N–H and O–H groups in total. The van der Waals surface area contributed by atoms with Crippen molar-refractivity contribution in [1.29, 1.82) is 0 Å². The van der Waals surface area contributed by atoms with E-state index in [1.54, 1.807) is 12.2 Å². The normalized spacial score (nSPS) is 27.2. The lowest BCUT2D eigenvalue weighted by Crippen LogP contribution is -2.51. The van der Waals surface area contributed by atoms with Gasteiger partial charge in [0.1, 0.15) is 5.78 Å². The summed E-state index contributed by atoms with van der Waals surface area (Å²) < 4.78 is 54.3. The van der Waals surface area contributed by atoms with Crippen molar-refractivity contribution in [2.24, 2.45) is 5.92 Å². The van der Waals surface area contributed by atoms with Crippen LogP contribution in [-0.2, 0) is 16.6 Å². The van der Waals surface area contributed by atoms with E-state index in [-0.39, 0.29) is 37.3 Å². The number of allylic oxidation sites excluding steroid dienone is 2. The molecule has 3 nitrogen and oxygen atoms in total. The van der Waals surface area contributed by atoms with Gasteiger partial charge < -0.3 is 5.11 Å². The fraction of sp³-hybridized carbons (Fsp3) is 0.500. The van der Waals surface area contributed by atoms with Crippen LogP contribution in [0.15, 0.2) is 48.6 Å². The van der Waals surface area contributed by atoms with Crippen LogP contribution in [0.4, 0.5) is 17.6 Å². The number of alkyl halides is 4. The van der Waals surface area contributed by atoms with Crippen molar-refractivity contribution >= 4 is 5.78 Å². The Morgan fingerprint density at radius 3 is 2.38 bits per heavy atom. The van der Waals surface area contributed by atoms with Crippen molar-refractivity contribution in [2.75, 3.05) is 13.1 Å². The first-order valence-electron chi connectivity index (χ1n) is 9.83. The minimum absolute atomic E-state index is 0.0413. The van der Waals surface area contributed by atoms with E-state index in [4.69, 9.17) is 0 Å². The van der Waals surface area contributed by atoms with Crippen LogP contribution >= 0.6 is 0 Å². The van der Waals surface area contributed by atoms with Crippen LogP contribution in [0.5, 0.6) is 0 Å². The average molecular weight is 411 g/mol. The lowest BCUT2D eigenvalue weighted by molar-refractivity contribution is -0.137. The molecule has 1 aliphatic heterocycles. The number of benzene rings is 1. The predicted octanol–water partition coefficient (Wildman–Crippen LogP) is 4.77. The summed E-state index contributed by atoms with van der Waals surface area (Å²) in [4.78, 5) is 13.5. The van der Waals surface area contributed by atoms with Crippen molar-refractivity contribution in [2.45, 2.75) is 50.2 Å². The highest BCUT2D eigenvalue weighted by Gasteiger charge is 2.42. The topological polar surface area (TPSA) is 40.5 Å². The quantitative estimate of drug-likeness (QED) is 0.431. The number of likely N-dealkylation sites (tertiary alicyclic amines) is 1. The molecule has 1 saturated heterocycles. The third-order valence-electron chi connectivity index (χ3n) is 5.75. The number of aliphatic hydroxyl groups is 1. The molecule has 0 amide bonds. The van der Waals surface area contributed by atoms with E-state index in [1.807, 2.05) is 6.92 Å². The standard InChI is InChI=1S/C22H25F4NO2/c1-2-4-19(28)16-7-9-21(23,10-8-16)27-13-11-20(29,12-14-27)17-5-3-6-18(15-17)22(24,25)26/h3,5-10,15-16,29H,2,4,11-14H2,1H3. The number of hydrogen-bond donors (Lipinski definition) is 1. The molecule has 0 unspecified atom stereocenters. The fourth-order valence-electron chi connectivity index (χ4n) is 3.93. The third kappa shape index (κ3) is 4.61. The van der Waals surface area contributed by atoms with Crippen molar-refractivity contribution in [1.82, 2.24) is 4.90 Å². The zero-order valence-electron chi connectivity index (χ0n) is 16.3. The number of rotatable bonds is 5. The molecule has 0 bridgehead atoms. The first-order valence-corrected chi connectivity index (χ1v) is 9.83. The van der Waals surface area contributed by atoms with Gasteiger partial charge in [-0.2, -0.15) is 13.2 Å². The lowest BCUT2D eigenvalue weighted by Gasteiger charge is -2.43. The van der Waals surface area contributed by atoms with Crippen LogP contribution < -0.4 is 0 Å². The minimum Gasteiger partial charge on any atom is -0.385 e. The summed E-state index contributed by atoms with van der Waals surface area (Å²) in [6.45, 7) is 2.25. The highest BCUT2D eigenvalue weighted by atomic mass is 19.4.